The molecule has 1 aromatic heterocycles. The lowest BCUT2D eigenvalue weighted by molar-refractivity contribution is 0.828. The van der Waals surface area contributed by atoms with E-state index in [4.69, 9.17) is 0 Å². The molecule has 21 heavy (non-hydrogen) atoms. The third-order valence-electron chi connectivity index (χ3n) is 2.96. The van der Waals surface area contributed by atoms with E-state index in [2.05, 4.69) is 52.7 Å². The van der Waals surface area contributed by atoms with Gasteiger partial charge in [-0.2, -0.15) is 0 Å². The topological polar surface area (TPSA) is 24.9 Å². The monoisotopic (exact) mass is 296 g/mol. The highest BCUT2D eigenvalue weighted by Gasteiger charge is 1.95. The summed E-state index contributed by atoms with van der Waals surface area (Å²) in [5, 5.41) is 0. The van der Waals surface area contributed by atoms with Crippen molar-refractivity contribution in [2.24, 2.45) is 0 Å². The first-order valence-corrected chi connectivity index (χ1v) is 8.07. The maximum Gasteiger partial charge on any atom is 0.0314 e. The number of hydrogen-bond acceptors (Lipinski definition) is 3. The lowest BCUT2D eigenvalue weighted by atomic mass is 10.2. The molecule has 1 N–H and O–H groups in total. The second kappa shape index (κ2) is 9.23. The van der Waals surface area contributed by atoms with Crippen LogP contribution in [0.3, 0.4) is 0 Å². The van der Waals surface area contributed by atoms with Gasteiger partial charge in [0.1, 0.15) is 0 Å². The average molecular weight is 296 g/mol. The van der Waals surface area contributed by atoms with Crippen LogP contribution in [0.2, 0.25) is 0 Å². The molecular weight excluding hydrogens is 276 g/mol. The summed E-state index contributed by atoms with van der Waals surface area (Å²) < 4.78 is 3.35. The number of unbranched alkanes of at least 4 members (excludes halogenated alkanes) is 2. The van der Waals surface area contributed by atoms with E-state index in [1.807, 2.05) is 24.5 Å². The van der Waals surface area contributed by atoms with E-state index in [0.717, 1.165) is 18.5 Å². The Morgan fingerprint density at radius 3 is 2.57 bits per heavy atom. The molecular formula is C18H20N2S. The van der Waals surface area contributed by atoms with Crippen LogP contribution in [0.15, 0.2) is 53.7 Å². The molecule has 0 bridgehead atoms. The number of aromatic nitrogens is 1. The van der Waals surface area contributed by atoms with Crippen LogP contribution >= 0.6 is 11.9 Å². The standard InChI is InChI=1S/C18H20N2S/c1-2-3-4-5-6-16-7-9-18(10-8-16)21-20-15-17-11-13-19-14-12-17/h7-14,20H,2-4,15H2,1H3. The minimum Gasteiger partial charge on any atom is -0.265 e. The van der Waals surface area contributed by atoms with E-state index in [9.17, 15) is 0 Å². The molecule has 0 saturated carbocycles. The average Bonchev–Trinajstić information content (AvgIpc) is 2.54. The van der Waals surface area contributed by atoms with Crippen LogP contribution in [-0.2, 0) is 6.54 Å². The zero-order valence-electron chi connectivity index (χ0n) is 12.3. The number of benzene rings is 1. The Morgan fingerprint density at radius 1 is 1.10 bits per heavy atom. The molecule has 0 aliphatic carbocycles. The second-order valence-corrected chi connectivity index (χ2v) is 5.67. The summed E-state index contributed by atoms with van der Waals surface area (Å²) in [6, 6.07) is 12.4. The van der Waals surface area contributed by atoms with Gasteiger partial charge in [-0.15, -0.1) is 0 Å². The molecule has 0 amide bonds. The van der Waals surface area contributed by atoms with E-state index in [0.29, 0.717) is 0 Å². The Kier molecular flexibility index (Phi) is 6.87. The second-order valence-electron chi connectivity index (χ2n) is 4.71. The molecule has 2 rings (SSSR count). The van der Waals surface area contributed by atoms with E-state index in [1.165, 1.54) is 23.3 Å². The maximum atomic E-state index is 4.01. The fourth-order valence-electron chi connectivity index (χ4n) is 1.74. The van der Waals surface area contributed by atoms with E-state index < -0.39 is 0 Å². The van der Waals surface area contributed by atoms with Crippen LogP contribution in [-0.4, -0.2) is 4.98 Å². The SMILES string of the molecule is CCCCC#Cc1ccc(SNCc2ccncc2)cc1. The predicted molar refractivity (Wildman–Crippen MR) is 89.8 cm³/mol. The third kappa shape index (κ3) is 6.03. The van der Waals surface area contributed by atoms with E-state index in [1.54, 1.807) is 11.9 Å². The van der Waals surface area contributed by atoms with Crippen molar-refractivity contribution in [2.75, 3.05) is 0 Å². The molecule has 0 aliphatic rings. The minimum absolute atomic E-state index is 0.825. The largest absolute Gasteiger partial charge is 0.265 e. The van der Waals surface area contributed by atoms with Gasteiger partial charge in [0.25, 0.3) is 0 Å². The molecule has 0 radical (unpaired) electrons. The number of pyridine rings is 1. The van der Waals surface area contributed by atoms with Crippen LogP contribution in [0.5, 0.6) is 0 Å². The highest BCUT2D eigenvalue weighted by atomic mass is 32.2. The summed E-state index contributed by atoms with van der Waals surface area (Å²) in [7, 11) is 0. The molecule has 0 saturated heterocycles. The highest BCUT2D eigenvalue weighted by molar-refractivity contribution is 7.97. The van der Waals surface area contributed by atoms with Crippen LogP contribution in [0.25, 0.3) is 0 Å². The smallest absolute Gasteiger partial charge is 0.0314 e. The zero-order valence-corrected chi connectivity index (χ0v) is 13.1. The van der Waals surface area contributed by atoms with Crippen molar-refractivity contribution in [1.82, 2.24) is 9.71 Å². The highest BCUT2D eigenvalue weighted by Crippen LogP contribution is 2.15. The fourth-order valence-corrected chi connectivity index (χ4v) is 2.42. The molecule has 2 aromatic rings. The fraction of sp³-hybridized carbons (Fsp3) is 0.278. The summed E-state index contributed by atoms with van der Waals surface area (Å²) in [5.74, 6) is 6.41. The van der Waals surface area contributed by atoms with Gasteiger partial charge in [0.15, 0.2) is 0 Å². The number of hydrogen-bond donors (Lipinski definition) is 1. The summed E-state index contributed by atoms with van der Waals surface area (Å²) >= 11 is 1.64. The summed E-state index contributed by atoms with van der Waals surface area (Å²) in [5.41, 5.74) is 2.32. The van der Waals surface area contributed by atoms with Crippen molar-refractivity contribution in [3.63, 3.8) is 0 Å². The van der Waals surface area contributed by atoms with Crippen molar-refractivity contribution in [1.29, 1.82) is 0 Å². The van der Waals surface area contributed by atoms with Gasteiger partial charge in [0.05, 0.1) is 0 Å². The van der Waals surface area contributed by atoms with Gasteiger partial charge in [-0.05, 0) is 60.3 Å². The first-order chi connectivity index (χ1) is 10.4. The summed E-state index contributed by atoms with van der Waals surface area (Å²) in [6.07, 6.45) is 7.00. The Balaban J connectivity index is 1.78. The molecule has 0 aliphatic heterocycles. The van der Waals surface area contributed by atoms with Gasteiger partial charge >= 0.3 is 0 Å². The number of nitrogens with zero attached hydrogens (tertiary/aromatic N) is 1. The van der Waals surface area contributed by atoms with Crippen molar-refractivity contribution < 1.29 is 0 Å². The predicted octanol–water partition coefficient (Wildman–Crippen LogP) is 4.42. The summed E-state index contributed by atoms with van der Waals surface area (Å²) in [6.45, 7) is 3.01. The molecule has 0 unspecified atom stereocenters. The Morgan fingerprint density at radius 2 is 1.86 bits per heavy atom. The third-order valence-corrected chi connectivity index (χ3v) is 3.75. The van der Waals surface area contributed by atoms with Gasteiger partial charge in [-0.25, -0.2) is 0 Å². The molecule has 108 valence electrons. The number of nitrogens with one attached hydrogen (secondary N) is 1. The molecule has 1 aromatic carbocycles. The Labute approximate surface area is 131 Å². The van der Waals surface area contributed by atoms with Crippen LogP contribution in [0, 0.1) is 11.8 Å². The Hall–Kier alpha value is -1.76. The molecule has 0 spiro atoms. The van der Waals surface area contributed by atoms with Gasteiger partial charge in [-0.3, -0.25) is 9.71 Å². The molecule has 2 nitrogen and oxygen atoms in total. The molecule has 1 heterocycles. The summed E-state index contributed by atoms with van der Waals surface area (Å²) in [4.78, 5) is 5.21. The lowest BCUT2D eigenvalue weighted by Gasteiger charge is -2.04. The first kappa shape index (κ1) is 15.6. The Bertz CT molecular complexity index is 582. The van der Waals surface area contributed by atoms with Gasteiger partial charge in [0, 0.05) is 35.8 Å². The molecule has 3 heteroatoms. The van der Waals surface area contributed by atoms with E-state index >= 15 is 0 Å². The van der Waals surface area contributed by atoms with Gasteiger partial charge in [-0.1, -0.05) is 25.2 Å². The van der Waals surface area contributed by atoms with Crippen molar-refractivity contribution in [3.8, 4) is 11.8 Å². The first-order valence-electron chi connectivity index (χ1n) is 7.26. The quantitative estimate of drug-likeness (QED) is 0.485. The minimum atomic E-state index is 0.825. The normalized spacial score (nSPS) is 9.95. The van der Waals surface area contributed by atoms with Crippen LogP contribution in [0.1, 0.15) is 37.3 Å². The molecule has 0 fully saturated rings. The van der Waals surface area contributed by atoms with Gasteiger partial charge < -0.3 is 0 Å². The van der Waals surface area contributed by atoms with E-state index in [-0.39, 0.29) is 0 Å². The van der Waals surface area contributed by atoms with Crippen molar-refractivity contribution >= 4 is 11.9 Å². The maximum absolute atomic E-state index is 4.01. The van der Waals surface area contributed by atoms with Crippen molar-refractivity contribution in [2.45, 2.75) is 37.6 Å². The number of rotatable bonds is 6. The lowest BCUT2D eigenvalue weighted by Crippen LogP contribution is -2.02. The van der Waals surface area contributed by atoms with Crippen LogP contribution < -0.4 is 4.72 Å². The molecule has 0 atom stereocenters. The van der Waals surface area contributed by atoms with Gasteiger partial charge in [0.2, 0.25) is 0 Å². The zero-order chi connectivity index (χ0) is 14.8. The van der Waals surface area contributed by atoms with Crippen molar-refractivity contribution in [3.05, 3.63) is 59.9 Å². The van der Waals surface area contributed by atoms with Crippen LogP contribution in [0.4, 0.5) is 0 Å².